The molecule has 1 N–H and O–H groups in total. The SMILES string of the molecule is CCN(C)C(CCS(C)=O)c1ccc(-c2ccc3ncnc(NCc4ccc(OCc5cccc(F)c5)c(Cl)c4)c3c2)o1. The number of hydrogen-bond acceptors (Lipinski definition) is 7. The van der Waals surface area contributed by atoms with Gasteiger partial charge in [0, 0.05) is 40.3 Å². The third-order valence-corrected chi connectivity index (χ3v) is 8.43. The summed E-state index contributed by atoms with van der Waals surface area (Å²) >= 11 is 6.50. The zero-order valence-electron chi connectivity index (χ0n) is 24.3. The van der Waals surface area contributed by atoms with Crippen LogP contribution in [0.5, 0.6) is 5.75 Å². The summed E-state index contributed by atoms with van der Waals surface area (Å²) in [6, 6.07) is 21.9. The molecule has 0 aliphatic rings. The lowest BCUT2D eigenvalue weighted by Gasteiger charge is -2.24. The zero-order chi connectivity index (χ0) is 30.3. The van der Waals surface area contributed by atoms with E-state index < -0.39 is 10.8 Å². The van der Waals surface area contributed by atoms with Gasteiger partial charge in [0.1, 0.15) is 41.8 Å². The van der Waals surface area contributed by atoms with Gasteiger partial charge in [0.2, 0.25) is 0 Å². The molecule has 5 rings (SSSR count). The number of benzene rings is 3. The Hall–Kier alpha value is -3.79. The second-order valence-corrected chi connectivity index (χ2v) is 12.3. The van der Waals surface area contributed by atoms with Crippen LogP contribution in [-0.4, -0.2) is 44.7 Å². The predicted molar refractivity (Wildman–Crippen MR) is 171 cm³/mol. The molecule has 0 amide bonds. The topological polar surface area (TPSA) is 80.5 Å². The Morgan fingerprint density at radius 1 is 1.07 bits per heavy atom. The van der Waals surface area contributed by atoms with Gasteiger partial charge in [-0.3, -0.25) is 9.11 Å². The summed E-state index contributed by atoms with van der Waals surface area (Å²) in [4.78, 5) is 11.1. The molecule has 0 spiro atoms. The first kappa shape index (κ1) is 30.7. The van der Waals surface area contributed by atoms with E-state index in [4.69, 9.17) is 20.8 Å². The van der Waals surface area contributed by atoms with E-state index in [0.29, 0.717) is 28.9 Å². The van der Waals surface area contributed by atoms with Crippen molar-refractivity contribution in [3.05, 3.63) is 107 Å². The lowest BCUT2D eigenvalue weighted by molar-refractivity contribution is 0.222. The van der Waals surface area contributed by atoms with Crippen LogP contribution in [0.1, 0.15) is 36.3 Å². The summed E-state index contributed by atoms with van der Waals surface area (Å²) in [6.07, 6.45) is 4.02. The first-order valence-electron chi connectivity index (χ1n) is 14.1. The minimum Gasteiger partial charge on any atom is -0.487 e. The lowest BCUT2D eigenvalue weighted by Crippen LogP contribution is -2.25. The van der Waals surface area contributed by atoms with Crippen molar-refractivity contribution < 1.29 is 17.8 Å². The summed E-state index contributed by atoms with van der Waals surface area (Å²) in [6.45, 7) is 3.66. The van der Waals surface area contributed by atoms with Crippen molar-refractivity contribution in [1.29, 1.82) is 0 Å². The van der Waals surface area contributed by atoms with Crippen LogP contribution >= 0.6 is 11.6 Å². The number of aromatic nitrogens is 2. The smallest absolute Gasteiger partial charge is 0.138 e. The zero-order valence-corrected chi connectivity index (χ0v) is 25.9. The van der Waals surface area contributed by atoms with E-state index >= 15 is 0 Å². The van der Waals surface area contributed by atoms with Crippen LogP contribution in [0.4, 0.5) is 10.2 Å². The van der Waals surface area contributed by atoms with Gasteiger partial charge in [-0.05, 0) is 85.7 Å². The van der Waals surface area contributed by atoms with Gasteiger partial charge in [-0.2, -0.15) is 0 Å². The molecule has 0 aliphatic heterocycles. The van der Waals surface area contributed by atoms with Crippen molar-refractivity contribution in [2.24, 2.45) is 0 Å². The second-order valence-electron chi connectivity index (χ2n) is 10.3. The van der Waals surface area contributed by atoms with Crippen LogP contribution in [0.2, 0.25) is 5.02 Å². The van der Waals surface area contributed by atoms with Gasteiger partial charge in [-0.1, -0.05) is 36.7 Å². The fraction of sp³-hybridized carbons (Fsp3) is 0.273. The normalized spacial score (nSPS) is 12.9. The van der Waals surface area contributed by atoms with E-state index in [1.165, 1.54) is 18.5 Å². The number of hydrogen-bond donors (Lipinski definition) is 1. The van der Waals surface area contributed by atoms with Gasteiger partial charge in [0.25, 0.3) is 0 Å². The molecular formula is C33H34ClFN4O3S. The number of nitrogens with one attached hydrogen (secondary N) is 1. The van der Waals surface area contributed by atoms with E-state index in [2.05, 4.69) is 34.2 Å². The first-order chi connectivity index (χ1) is 20.8. The highest BCUT2D eigenvalue weighted by Crippen LogP contribution is 2.33. The number of halogens is 2. The second kappa shape index (κ2) is 14.1. The predicted octanol–water partition coefficient (Wildman–Crippen LogP) is 7.63. The summed E-state index contributed by atoms with van der Waals surface area (Å²) in [5, 5.41) is 4.74. The van der Waals surface area contributed by atoms with Gasteiger partial charge in [-0.15, -0.1) is 0 Å². The number of furan rings is 1. The molecule has 2 unspecified atom stereocenters. The van der Waals surface area contributed by atoms with E-state index in [9.17, 15) is 8.60 Å². The Kier molecular flexibility index (Phi) is 10.1. The van der Waals surface area contributed by atoms with Crippen molar-refractivity contribution in [1.82, 2.24) is 14.9 Å². The van der Waals surface area contributed by atoms with Crippen LogP contribution in [0, 0.1) is 5.82 Å². The number of fused-ring (bicyclic) bond motifs is 1. The van der Waals surface area contributed by atoms with Gasteiger partial charge in [0.15, 0.2) is 0 Å². The summed E-state index contributed by atoms with van der Waals surface area (Å²) in [7, 11) is 1.18. The number of ether oxygens (including phenoxy) is 1. The fourth-order valence-corrected chi connectivity index (χ4v) is 5.67. The molecular weight excluding hydrogens is 587 g/mol. The Morgan fingerprint density at radius 3 is 2.70 bits per heavy atom. The number of anilines is 1. The van der Waals surface area contributed by atoms with Crippen LogP contribution < -0.4 is 10.1 Å². The molecule has 224 valence electrons. The maximum Gasteiger partial charge on any atom is 0.138 e. The Balaban J connectivity index is 1.30. The van der Waals surface area contributed by atoms with E-state index in [-0.39, 0.29) is 18.5 Å². The quantitative estimate of drug-likeness (QED) is 0.145. The van der Waals surface area contributed by atoms with E-state index in [1.807, 2.05) is 48.5 Å². The molecule has 3 aromatic carbocycles. The monoisotopic (exact) mass is 620 g/mol. The fourth-order valence-electron chi connectivity index (χ4n) is 4.86. The number of rotatable bonds is 13. The largest absolute Gasteiger partial charge is 0.487 e. The Labute approximate surface area is 258 Å². The third-order valence-electron chi connectivity index (χ3n) is 7.32. The molecule has 0 saturated heterocycles. The van der Waals surface area contributed by atoms with Crippen molar-refractivity contribution in [3.8, 4) is 17.1 Å². The minimum atomic E-state index is -0.868. The van der Waals surface area contributed by atoms with Gasteiger partial charge >= 0.3 is 0 Å². The molecule has 2 atom stereocenters. The van der Waals surface area contributed by atoms with Crippen LogP contribution in [0.15, 0.2) is 83.5 Å². The standard InChI is InChI=1S/C33H34ClFN4O3S/c1-4-39(2)29(14-15-43(3)40)32-13-12-30(42-32)24-9-10-28-26(18-24)33(38-21-37-28)36-19-22-8-11-31(27(34)17-22)41-20-23-6-5-7-25(35)16-23/h5-13,16-18,21,29H,4,14-15,19-20H2,1-3H3,(H,36,37,38). The molecule has 0 saturated carbocycles. The molecule has 2 aromatic heterocycles. The van der Waals surface area contributed by atoms with E-state index in [0.717, 1.165) is 52.1 Å². The first-order valence-corrected chi connectivity index (χ1v) is 16.2. The highest BCUT2D eigenvalue weighted by Gasteiger charge is 2.21. The lowest BCUT2D eigenvalue weighted by atomic mass is 10.1. The molecule has 0 bridgehead atoms. The summed E-state index contributed by atoms with van der Waals surface area (Å²) < 4.78 is 37.4. The average Bonchev–Trinajstić information content (AvgIpc) is 3.49. The van der Waals surface area contributed by atoms with Crippen LogP contribution in [0.25, 0.3) is 22.2 Å². The Morgan fingerprint density at radius 2 is 1.93 bits per heavy atom. The number of nitrogens with zero attached hydrogens (tertiary/aromatic N) is 3. The van der Waals surface area contributed by atoms with Crippen LogP contribution in [-0.2, 0) is 24.0 Å². The molecule has 43 heavy (non-hydrogen) atoms. The molecule has 0 aliphatic carbocycles. The molecule has 0 radical (unpaired) electrons. The summed E-state index contributed by atoms with van der Waals surface area (Å²) in [5.74, 6) is 3.13. The van der Waals surface area contributed by atoms with Crippen LogP contribution in [0.3, 0.4) is 0 Å². The maximum absolute atomic E-state index is 13.5. The Bertz CT molecular complexity index is 1730. The van der Waals surface area contributed by atoms with Crippen molar-refractivity contribution in [3.63, 3.8) is 0 Å². The third kappa shape index (κ3) is 7.79. The van der Waals surface area contributed by atoms with Crippen molar-refractivity contribution in [2.75, 3.05) is 30.9 Å². The molecule has 2 heterocycles. The minimum absolute atomic E-state index is 0.0496. The highest BCUT2D eigenvalue weighted by molar-refractivity contribution is 7.84. The highest BCUT2D eigenvalue weighted by atomic mass is 35.5. The molecule has 7 nitrogen and oxygen atoms in total. The van der Waals surface area contributed by atoms with E-state index in [1.54, 1.807) is 18.4 Å². The molecule has 5 aromatic rings. The molecule has 0 fully saturated rings. The summed E-state index contributed by atoms with van der Waals surface area (Å²) in [5.41, 5.74) is 3.39. The van der Waals surface area contributed by atoms with Gasteiger partial charge in [-0.25, -0.2) is 14.4 Å². The average molecular weight is 621 g/mol. The van der Waals surface area contributed by atoms with Gasteiger partial charge in [0.05, 0.1) is 16.6 Å². The molecule has 10 heteroatoms. The van der Waals surface area contributed by atoms with Gasteiger partial charge < -0.3 is 14.5 Å². The maximum atomic E-state index is 13.5. The van der Waals surface area contributed by atoms with Crippen molar-refractivity contribution >= 4 is 39.1 Å². The van der Waals surface area contributed by atoms with Crippen molar-refractivity contribution in [2.45, 2.75) is 32.5 Å².